The molecule has 4 heteroatoms. The lowest BCUT2D eigenvalue weighted by molar-refractivity contribution is 0.958. The van der Waals surface area contributed by atoms with Crippen LogP contribution < -0.4 is 5.73 Å². The van der Waals surface area contributed by atoms with Crippen molar-refractivity contribution in [3.8, 4) is 28.3 Å². The molecule has 47 heavy (non-hydrogen) atoms. The summed E-state index contributed by atoms with van der Waals surface area (Å²) in [7, 11) is 0. The molecule has 0 spiro atoms. The number of aromatic nitrogens is 3. The van der Waals surface area contributed by atoms with Crippen LogP contribution in [0.5, 0.6) is 0 Å². The molecular weight excluding hydrogens is 573 g/mol. The number of rotatable bonds is 7. The van der Waals surface area contributed by atoms with Crippen molar-refractivity contribution < 1.29 is 0 Å². The van der Waals surface area contributed by atoms with Gasteiger partial charge in [0.1, 0.15) is 0 Å². The maximum atomic E-state index is 6.31. The van der Waals surface area contributed by atoms with Crippen LogP contribution in [0.25, 0.3) is 66.9 Å². The van der Waals surface area contributed by atoms with Gasteiger partial charge >= 0.3 is 0 Å². The maximum absolute atomic E-state index is 6.31. The molecule has 0 aliphatic carbocycles. The van der Waals surface area contributed by atoms with Crippen LogP contribution in [-0.4, -0.2) is 13.7 Å². The molecule has 0 bridgehead atoms. The summed E-state index contributed by atoms with van der Waals surface area (Å²) in [6, 6.07) is 47.7. The smallest absolute Gasteiger partial charge is 0.0800 e. The van der Waals surface area contributed by atoms with E-state index in [4.69, 9.17) is 5.73 Å². The van der Waals surface area contributed by atoms with Gasteiger partial charge in [0.15, 0.2) is 0 Å². The number of aryl methyl sites for hydroxylation is 1. The van der Waals surface area contributed by atoms with E-state index in [0.717, 1.165) is 29.0 Å². The van der Waals surface area contributed by atoms with Crippen LogP contribution in [0.3, 0.4) is 0 Å². The van der Waals surface area contributed by atoms with Gasteiger partial charge < -0.3 is 19.4 Å². The zero-order valence-corrected chi connectivity index (χ0v) is 26.7. The fraction of sp³-hybridized carbons (Fsp3) is 0.0698. The summed E-state index contributed by atoms with van der Waals surface area (Å²) in [5.41, 5.74) is 21.2. The lowest BCUT2D eigenvalue weighted by atomic mass is 10.0. The van der Waals surface area contributed by atoms with Crippen molar-refractivity contribution in [1.29, 1.82) is 0 Å². The second-order valence-electron chi connectivity index (χ2n) is 12.0. The second-order valence-corrected chi connectivity index (χ2v) is 12.0. The normalized spacial score (nSPS) is 12.0. The van der Waals surface area contributed by atoms with Crippen LogP contribution in [0.2, 0.25) is 0 Å². The highest BCUT2D eigenvalue weighted by Crippen LogP contribution is 2.46. The van der Waals surface area contributed by atoms with E-state index in [2.05, 4.69) is 168 Å². The molecule has 3 heterocycles. The predicted molar refractivity (Wildman–Crippen MR) is 199 cm³/mol. The minimum absolute atomic E-state index is 0.703. The van der Waals surface area contributed by atoms with Gasteiger partial charge in [-0.05, 0) is 79.1 Å². The third kappa shape index (κ3) is 4.37. The van der Waals surface area contributed by atoms with Crippen molar-refractivity contribution in [2.24, 2.45) is 5.73 Å². The summed E-state index contributed by atoms with van der Waals surface area (Å²) in [5, 5.41) is 2.46. The molecule has 2 N–H and O–H groups in total. The van der Waals surface area contributed by atoms with Crippen LogP contribution in [-0.2, 0) is 6.42 Å². The topological polar surface area (TPSA) is 40.8 Å². The fourth-order valence-electron chi connectivity index (χ4n) is 7.38. The van der Waals surface area contributed by atoms with E-state index in [1.165, 1.54) is 55.4 Å². The Morgan fingerprint density at radius 3 is 1.77 bits per heavy atom. The number of nitrogens with zero attached hydrogens (tertiary/aromatic N) is 3. The summed E-state index contributed by atoms with van der Waals surface area (Å²) >= 11 is 0. The maximum Gasteiger partial charge on any atom is 0.0800 e. The average Bonchev–Trinajstić information content (AvgIpc) is 3.74. The first-order valence-electron chi connectivity index (χ1n) is 16.2. The molecule has 0 aliphatic heterocycles. The van der Waals surface area contributed by atoms with Crippen molar-refractivity contribution in [2.75, 3.05) is 0 Å². The van der Waals surface area contributed by atoms with Crippen LogP contribution in [0.4, 0.5) is 0 Å². The number of benzene rings is 5. The number of allylic oxidation sites excluding steroid dienone is 2. The molecule has 0 unspecified atom stereocenters. The van der Waals surface area contributed by atoms with Gasteiger partial charge in [-0.3, -0.25) is 0 Å². The molecule has 4 nitrogen and oxygen atoms in total. The molecule has 0 saturated heterocycles. The summed E-state index contributed by atoms with van der Waals surface area (Å²) < 4.78 is 7.37. The number of hydrogen-bond donors (Lipinski definition) is 1. The molecule has 0 aliphatic rings. The first-order valence-corrected chi connectivity index (χ1v) is 16.2. The monoisotopic (exact) mass is 608 g/mol. The van der Waals surface area contributed by atoms with Crippen molar-refractivity contribution in [3.05, 3.63) is 169 Å². The zero-order valence-electron chi connectivity index (χ0n) is 26.7. The van der Waals surface area contributed by atoms with Gasteiger partial charge in [0, 0.05) is 44.8 Å². The molecule has 0 atom stereocenters. The van der Waals surface area contributed by atoms with Crippen LogP contribution >= 0.6 is 0 Å². The lowest BCUT2D eigenvalue weighted by Gasteiger charge is -2.16. The Morgan fingerprint density at radius 1 is 0.617 bits per heavy atom. The lowest BCUT2D eigenvalue weighted by Crippen LogP contribution is -2.03. The summed E-state index contributed by atoms with van der Waals surface area (Å²) in [6.07, 6.45) is 4.42. The van der Waals surface area contributed by atoms with Gasteiger partial charge in [0.05, 0.1) is 27.8 Å². The number of fused-ring (bicyclic) bond motifs is 4. The Balaban J connectivity index is 1.51. The highest BCUT2D eigenvalue weighted by atomic mass is 15.1. The van der Waals surface area contributed by atoms with Gasteiger partial charge in [-0.15, -0.1) is 0 Å². The van der Waals surface area contributed by atoms with Crippen molar-refractivity contribution in [3.63, 3.8) is 0 Å². The van der Waals surface area contributed by atoms with Gasteiger partial charge in [-0.1, -0.05) is 105 Å². The second kappa shape index (κ2) is 11.4. The minimum Gasteiger partial charge on any atom is -0.398 e. The summed E-state index contributed by atoms with van der Waals surface area (Å²) in [5.74, 6) is 0. The Labute approximate surface area is 274 Å². The van der Waals surface area contributed by atoms with E-state index < -0.39 is 0 Å². The van der Waals surface area contributed by atoms with E-state index in [1.54, 1.807) is 6.08 Å². The van der Waals surface area contributed by atoms with Gasteiger partial charge in [0.25, 0.3) is 0 Å². The average molecular weight is 609 g/mol. The molecule has 5 aromatic carbocycles. The Morgan fingerprint density at radius 2 is 1.15 bits per heavy atom. The first kappa shape index (κ1) is 28.5. The number of hydrogen-bond acceptors (Lipinski definition) is 1. The predicted octanol–water partition coefficient (Wildman–Crippen LogP) is 10.5. The molecule has 0 fully saturated rings. The van der Waals surface area contributed by atoms with Crippen LogP contribution in [0, 0.1) is 6.92 Å². The minimum atomic E-state index is 0.703. The van der Waals surface area contributed by atoms with E-state index in [0.29, 0.717) is 5.70 Å². The molecule has 3 aromatic heterocycles. The molecule has 0 radical (unpaired) electrons. The fourth-order valence-corrected chi connectivity index (χ4v) is 7.38. The molecule has 0 saturated carbocycles. The highest BCUT2D eigenvalue weighted by molar-refractivity contribution is 6.14. The molecule has 0 amide bonds. The number of para-hydroxylation sites is 4. The van der Waals surface area contributed by atoms with E-state index in [9.17, 15) is 0 Å². The SMILES string of the molecule is C=C/C=C(\N)c1ccc(-n2c(CC)c(-c3c(C)c4c(c5ccccc5n4-c4ccccc4)n3-c3ccccc3)c3ccccc32)cc1. The quantitative estimate of drug-likeness (QED) is 0.180. The molecule has 8 aromatic rings. The zero-order chi connectivity index (χ0) is 32.1. The summed E-state index contributed by atoms with van der Waals surface area (Å²) in [6.45, 7) is 8.36. The largest absolute Gasteiger partial charge is 0.398 e. The van der Waals surface area contributed by atoms with Crippen LogP contribution in [0.1, 0.15) is 23.7 Å². The van der Waals surface area contributed by atoms with Gasteiger partial charge in [-0.25, -0.2) is 0 Å². The van der Waals surface area contributed by atoms with Crippen LogP contribution in [0.15, 0.2) is 152 Å². The molecule has 8 rings (SSSR count). The van der Waals surface area contributed by atoms with Crippen molar-refractivity contribution in [1.82, 2.24) is 13.7 Å². The van der Waals surface area contributed by atoms with E-state index >= 15 is 0 Å². The van der Waals surface area contributed by atoms with Crippen molar-refractivity contribution >= 4 is 38.5 Å². The van der Waals surface area contributed by atoms with E-state index in [-0.39, 0.29) is 0 Å². The first-order chi connectivity index (χ1) is 23.1. The van der Waals surface area contributed by atoms with Gasteiger partial charge in [-0.2, -0.15) is 0 Å². The standard InChI is InChI=1S/C43H36N4/c1-4-16-36(44)30-25-27-33(28-26-30)45-37(5-2)40(34-21-12-14-23-38(34)45)41-29(3)42-43(47(41)32-19-10-7-11-20-32)35-22-13-15-24-39(35)46(42)31-17-8-6-9-18-31/h4,6-28H,1,5,44H2,2-3H3/b36-16-. The molecule has 228 valence electrons. The third-order valence-electron chi connectivity index (χ3n) is 9.34. The van der Waals surface area contributed by atoms with Gasteiger partial charge in [0.2, 0.25) is 0 Å². The summed E-state index contributed by atoms with van der Waals surface area (Å²) in [4.78, 5) is 0. The number of nitrogens with two attached hydrogens (primary N) is 1. The Bertz CT molecular complexity index is 2450. The third-order valence-corrected chi connectivity index (χ3v) is 9.34. The Hall–Kier alpha value is -6.00. The van der Waals surface area contributed by atoms with Crippen molar-refractivity contribution in [2.45, 2.75) is 20.3 Å². The highest BCUT2D eigenvalue weighted by Gasteiger charge is 2.29. The Kier molecular flexibility index (Phi) is 6.92. The van der Waals surface area contributed by atoms with E-state index in [1.807, 2.05) is 6.08 Å². The molecular formula is C43H36N4.